The highest BCUT2D eigenvalue weighted by molar-refractivity contribution is 9.10. The van der Waals surface area contributed by atoms with Crippen molar-refractivity contribution in [1.82, 2.24) is 10.2 Å². The molecule has 0 unspecified atom stereocenters. The van der Waals surface area contributed by atoms with Crippen molar-refractivity contribution in [2.45, 2.75) is 18.9 Å². The zero-order valence-electron chi connectivity index (χ0n) is 14.7. The van der Waals surface area contributed by atoms with Crippen LogP contribution in [0.5, 0.6) is 0 Å². The van der Waals surface area contributed by atoms with Gasteiger partial charge in [0.2, 0.25) is 5.91 Å². The standard InChI is InChI=1S/C21H20BrFN2O2/c22-18-7-3-1-5-15(18)9-10-20(26)25-13-11-16(12-14-25)24-21(27)17-6-2-4-8-19(17)23/h1-10,16H,11-14H2,(H,24,27)/b10-9+. The number of amides is 2. The van der Waals surface area contributed by atoms with Gasteiger partial charge in [-0.05, 0) is 42.7 Å². The second-order valence-electron chi connectivity index (χ2n) is 6.41. The van der Waals surface area contributed by atoms with Crippen molar-refractivity contribution >= 4 is 33.8 Å². The number of rotatable bonds is 4. The van der Waals surface area contributed by atoms with E-state index in [2.05, 4.69) is 21.2 Å². The van der Waals surface area contributed by atoms with Crippen molar-refractivity contribution in [2.24, 2.45) is 0 Å². The molecule has 0 radical (unpaired) electrons. The van der Waals surface area contributed by atoms with Gasteiger partial charge in [-0.2, -0.15) is 0 Å². The van der Waals surface area contributed by atoms with Crippen LogP contribution in [0.4, 0.5) is 4.39 Å². The Hall–Kier alpha value is -2.47. The molecule has 6 heteroatoms. The maximum absolute atomic E-state index is 13.7. The molecule has 140 valence electrons. The summed E-state index contributed by atoms with van der Waals surface area (Å²) in [6.07, 6.45) is 4.65. The van der Waals surface area contributed by atoms with Crippen LogP contribution in [0.1, 0.15) is 28.8 Å². The number of hydrogen-bond acceptors (Lipinski definition) is 2. The molecular formula is C21H20BrFN2O2. The molecule has 1 saturated heterocycles. The van der Waals surface area contributed by atoms with Gasteiger partial charge in [0.1, 0.15) is 5.82 Å². The van der Waals surface area contributed by atoms with E-state index < -0.39 is 11.7 Å². The van der Waals surface area contributed by atoms with Crippen LogP contribution in [0.3, 0.4) is 0 Å². The monoisotopic (exact) mass is 430 g/mol. The topological polar surface area (TPSA) is 49.4 Å². The van der Waals surface area contributed by atoms with Gasteiger partial charge in [-0.15, -0.1) is 0 Å². The molecule has 0 aromatic heterocycles. The Kier molecular flexibility index (Phi) is 6.40. The molecule has 1 fully saturated rings. The molecule has 3 rings (SSSR count). The predicted octanol–water partition coefficient (Wildman–Crippen LogP) is 4.02. The molecule has 1 heterocycles. The Bertz CT molecular complexity index is 861. The molecular weight excluding hydrogens is 411 g/mol. The van der Waals surface area contributed by atoms with E-state index in [1.807, 2.05) is 24.3 Å². The Morgan fingerprint density at radius 2 is 1.74 bits per heavy atom. The van der Waals surface area contributed by atoms with E-state index in [4.69, 9.17) is 0 Å². The fourth-order valence-corrected chi connectivity index (χ4v) is 3.45. The highest BCUT2D eigenvalue weighted by Gasteiger charge is 2.23. The number of nitrogens with zero attached hydrogens (tertiary/aromatic N) is 1. The van der Waals surface area contributed by atoms with Gasteiger partial charge in [0.05, 0.1) is 5.56 Å². The minimum absolute atomic E-state index is 0.0485. The maximum Gasteiger partial charge on any atom is 0.254 e. The summed E-state index contributed by atoms with van der Waals surface area (Å²) in [6, 6.07) is 13.6. The Morgan fingerprint density at radius 3 is 2.44 bits per heavy atom. The SMILES string of the molecule is O=C(NC1CCN(C(=O)/C=C/c2ccccc2Br)CC1)c1ccccc1F. The van der Waals surface area contributed by atoms with Crippen molar-refractivity contribution in [3.8, 4) is 0 Å². The fraction of sp³-hybridized carbons (Fsp3) is 0.238. The normalized spacial score (nSPS) is 15.1. The van der Waals surface area contributed by atoms with Gasteiger partial charge in [0.25, 0.3) is 5.91 Å². The number of hydrogen-bond donors (Lipinski definition) is 1. The van der Waals surface area contributed by atoms with Crippen LogP contribution < -0.4 is 5.32 Å². The Balaban J connectivity index is 1.51. The van der Waals surface area contributed by atoms with Crippen LogP contribution in [-0.4, -0.2) is 35.8 Å². The lowest BCUT2D eigenvalue weighted by Crippen LogP contribution is -2.46. The molecule has 1 aliphatic heterocycles. The minimum atomic E-state index is -0.528. The summed E-state index contributed by atoms with van der Waals surface area (Å²) in [7, 11) is 0. The van der Waals surface area contributed by atoms with Crippen LogP contribution in [0.2, 0.25) is 0 Å². The third-order valence-electron chi connectivity index (χ3n) is 4.57. The number of halogens is 2. The summed E-state index contributed by atoms with van der Waals surface area (Å²) >= 11 is 3.45. The molecule has 0 aliphatic carbocycles. The summed E-state index contributed by atoms with van der Waals surface area (Å²) in [5.74, 6) is -0.990. The highest BCUT2D eigenvalue weighted by atomic mass is 79.9. The average molecular weight is 431 g/mol. The number of likely N-dealkylation sites (tertiary alicyclic amines) is 1. The van der Waals surface area contributed by atoms with Gasteiger partial charge in [0.15, 0.2) is 0 Å². The van der Waals surface area contributed by atoms with Crippen molar-refractivity contribution in [3.05, 3.63) is 76.0 Å². The van der Waals surface area contributed by atoms with Crippen LogP contribution in [0.25, 0.3) is 6.08 Å². The zero-order chi connectivity index (χ0) is 19.2. The lowest BCUT2D eigenvalue weighted by atomic mass is 10.0. The second-order valence-corrected chi connectivity index (χ2v) is 7.26. The van der Waals surface area contributed by atoms with Crippen LogP contribution in [0.15, 0.2) is 59.1 Å². The van der Waals surface area contributed by atoms with Crippen LogP contribution in [0, 0.1) is 5.82 Å². The van der Waals surface area contributed by atoms with Crippen molar-refractivity contribution in [2.75, 3.05) is 13.1 Å². The highest BCUT2D eigenvalue weighted by Crippen LogP contribution is 2.18. The van der Waals surface area contributed by atoms with Crippen molar-refractivity contribution in [1.29, 1.82) is 0 Å². The van der Waals surface area contributed by atoms with E-state index in [1.165, 1.54) is 12.1 Å². The summed E-state index contributed by atoms with van der Waals surface area (Å²) < 4.78 is 14.6. The first-order valence-electron chi connectivity index (χ1n) is 8.81. The van der Waals surface area contributed by atoms with E-state index in [9.17, 15) is 14.0 Å². The summed E-state index contributed by atoms with van der Waals surface area (Å²) in [4.78, 5) is 26.3. The molecule has 1 aliphatic rings. The molecule has 0 saturated carbocycles. The summed E-state index contributed by atoms with van der Waals surface area (Å²) in [5, 5.41) is 2.86. The molecule has 4 nitrogen and oxygen atoms in total. The third-order valence-corrected chi connectivity index (χ3v) is 5.29. The predicted molar refractivity (Wildman–Crippen MR) is 107 cm³/mol. The lowest BCUT2D eigenvalue weighted by Gasteiger charge is -2.31. The molecule has 2 amide bonds. The van der Waals surface area contributed by atoms with Gasteiger partial charge in [0, 0.05) is 29.7 Å². The van der Waals surface area contributed by atoms with Crippen LogP contribution in [-0.2, 0) is 4.79 Å². The number of nitrogens with one attached hydrogen (secondary N) is 1. The van der Waals surface area contributed by atoms with Crippen molar-refractivity contribution < 1.29 is 14.0 Å². The van der Waals surface area contributed by atoms with Gasteiger partial charge in [-0.3, -0.25) is 9.59 Å². The van der Waals surface area contributed by atoms with Crippen LogP contribution >= 0.6 is 15.9 Å². The number of carbonyl (C=O) groups excluding carboxylic acids is 2. The molecule has 0 bridgehead atoms. The first-order chi connectivity index (χ1) is 13.0. The molecule has 0 atom stereocenters. The van der Waals surface area contributed by atoms with Gasteiger partial charge in [-0.1, -0.05) is 46.3 Å². The van der Waals surface area contributed by atoms with E-state index in [-0.39, 0.29) is 17.5 Å². The molecule has 27 heavy (non-hydrogen) atoms. The molecule has 2 aromatic rings. The number of benzene rings is 2. The quantitative estimate of drug-likeness (QED) is 0.744. The molecule has 0 spiro atoms. The first-order valence-corrected chi connectivity index (χ1v) is 9.61. The zero-order valence-corrected chi connectivity index (χ0v) is 16.3. The Morgan fingerprint density at radius 1 is 1.07 bits per heavy atom. The van der Waals surface area contributed by atoms with Gasteiger partial charge in [-0.25, -0.2) is 4.39 Å². The number of carbonyl (C=O) groups is 2. The lowest BCUT2D eigenvalue weighted by molar-refractivity contribution is -0.126. The number of piperidine rings is 1. The smallest absolute Gasteiger partial charge is 0.254 e. The van der Waals surface area contributed by atoms with E-state index in [0.29, 0.717) is 25.9 Å². The second kappa shape index (κ2) is 8.95. The van der Waals surface area contributed by atoms with E-state index in [1.54, 1.807) is 29.2 Å². The third kappa shape index (κ3) is 5.04. The van der Waals surface area contributed by atoms with Crippen molar-refractivity contribution in [3.63, 3.8) is 0 Å². The first kappa shape index (κ1) is 19.3. The Labute approximate surface area is 166 Å². The van der Waals surface area contributed by atoms with E-state index in [0.717, 1.165) is 10.0 Å². The molecule has 1 N–H and O–H groups in total. The van der Waals surface area contributed by atoms with Gasteiger partial charge >= 0.3 is 0 Å². The average Bonchev–Trinajstić information content (AvgIpc) is 2.68. The van der Waals surface area contributed by atoms with E-state index >= 15 is 0 Å². The maximum atomic E-state index is 13.7. The largest absolute Gasteiger partial charge is 0.349 e. The van der Waals surface area contributed by atoms with Gasteiger partial charge < -0.3 is 10.2 Å². The fourth-order valence-electron chi connectivity index (χ4n) is 3.03. The summed E-state index contributed by atoms with van der Waals surface area (Å²) in [6.45, 7) is 1.11. The molecule has 2 aromatic carbocycles. The summed E-state index contributed by atoms with van der Waals surface area (Å²) in [5.41, 5.74) is 0.991. The minimum Gasteiger partial charge on any atom is -0.349 e.